The molecule has 4 rings (SSSR count). The molecule has 1 aliphatic heterocycles. The second-order valence-corrected chi connectivity index (χ2v) is 12.1. The lowest BCUT2D eigenvalue weighted by Crippen LogP contribution is -2.36. The summed E-state index contributed by atoms with van der Waals surface area (Å²) < 4.78 is 26.0. The number of nitrogens with zero attached hydrogens (tertiary/aromatic N) is 4. The minimum atomic E-state index is -3.57. The zero-order chi connectivity index (χ0) is 24.3. The van der Waals surface area contributed by atoms with E-state index in [2.05, 4.69) is 21.6 Å². The molecule has 0 radical (unpaired) electrons. The smallest absolute Gasteiger partial charge is 0.257 e. The highest BCUT2D eigenvalue weighted by molar-refractivity contribution is 8.01. The van der Waals surface area contributed by atoms with Gasteiger partial charge in [0.05, 0.1) is 10.6 Å². The van der Waals surface area contributed by atoms with Crippen LogP contribution in [0.3, 0.4) is 0 Å². The number of carbonyl (C=O) groups is 2. The van der Waals surface area contributed by atoms with E-state index in [4.69, 9.17) is 0 Å². The van der Waals surface area contributed by atoms with Crippen LogP contribution in [-0.2, 0) is 21.2 Å². The molecule has 0 unspecified atom stereocenters. The normalized spacial score (nSPS) is 13.6. The number of fused-ring (bicyclic) bond motifs is 1. The Morgan fingerprint density at radius 3 is 2.59 bits per heavy atom. The van der Waals surface area contributed by atoms with E-state index >= 15 is 0 Å². The molecule has 3 aromatic rings. The first-order valence-corrected chi connectivity index (χ1v) is 13.7. The minimum absolute atomic E-state index is 0.00528. The molecule has 1 N–H and O–H groups in total. The maximum atomic E-state index is 12.8. The number of aromatic nitrogens is 2. The van der Waals surface area contributed by atoms with Crippen molar-refractivity contribution in [2.75, 3.05) is 36.6 Å². The number of hydrogen-bond acceptors (Lipinski definition) is 8. The number of anilines is 2. The molecule has 9 nitrogen and oxygen atoms in total. The van der Waals surface area contributed by atoms with E-state index in [0.717, 1.165) is 22.8 Å². The SMILES string of the molecule is CN(C)S(=O)(=O)c1ccc(C(=O)Nc2nnc(SCC(=O)N3CCCc4ccccc43)s2)cc1. The monoisotopic (exact) mass is 517 g/mol. The Hall–Kier alpha value is -2.80. The number of nitrogens with one attached hydrogen (secondary N) is 1. The standard InChI is InChI=1S/C22H23N5O4S3/c1-26(2)34(30,31)17-11-9-16(10-12-17)20(29)23-21-24-25-22(33-21)32-14-19(28)27-13-5-7-15-6-3-4-8-18(15)27/h3-4,6,8-12H,5,7,13-14H2,1-2H3,(H,23,24,29). The molecule has 2 amide bonds. The van der Waals surface area contributed by atoms with E-state index in [1.54, 1.807) is 0 Å². The predicted octanol–water partition coefficient (Wildman–Crippen LogP) is 3.11. The highest BCUT2D eigenvalue weighted by atomic mass is 32.2. The van der Waals surface area contributed by atoms with Gasteiger partial charge in [-0.05, 0) is 48.7 Å². The first-order chi connectivity index (χ1) is 16.3. The summed E-state index contributed by atoms with van der Waals surface area (Å²) in [4.78, 5) is 27.2. The summed E-state index contributed by atoms with van der Waals surface area (Å²) >= 11 is 2.46. The van der Waals surface area contributed by atoms with Crippen molar-refractivity contribution >= 4 is 55.8 Å². The molecule has 0 saturated heterocycles. The highest BCUT2D eigenvalue weighted by Gasteiger charge is 2.23. The first-order valence-electron chi connectivity index (χ1n) is 10.4. The second kappa shape index (κ2) is 10.2. The average molecular weight is 518 g/mol. The van der Waals surface area contributed by atoms with E-state index in [-0.39, 0.29) is 16.6 Å². The molecule has 2 heterocycles. The molecule has 0 bridgehead atoms. The summed E-state index contributed by atoms with van der Waals surface area (Å²) in [6, 6.07) is 13.6. The van der Waals surface area contributed by atoms with Gasteiger partial charge in [0.25, 0.3) is 5.91 Å². The second-order valence-electron chi connectivity index (χ2n) is 7.71. The zero-order valence-electron chi connectivity index (χ0n) is 18.6. The van der Waals surface area contributed by atoms with E-state index < -0.39 is 15.9 Å². The molecule has 178 valence electrons. The van der Waals surface area contributed by atoms with Crippen molar-refractivity contribution in [3.63, 3.8) is 0 Å². The van der Waals surface area contributed by atoms with Crippen molar-refractivity contribution in [2.45, 2.75) is 22.1 Å². The Bertz CT molecular complexity index is 1310. The van der Waals surface area contributed by atoms with Gasteiger partial charge in [0.15, 0.2) is 4.34 Å². The predicted molar refractivity (Wildman–Crippen MR) is 133 cm³/mol. The molecule has 12 heteroatoms. The van der Waals surface area contributed by atoms with E-state index in [9.17, 15) is 18.0 Å². The number of para-hydroxylation sites is 1. The number of amides is 2. The number of sulfonamides is 1. The molecule has 1 aliphatic rings. The summed E-state index contributed by atoms with van der Waals surface area (Å²) in [5, 5.41) is 11.0. The fourth-order valence-electron chi connectivity index (χ4n) is 3.47. The fraction of sp³-hybridized carbons (Fsp3) is 0.273. The summed E-state index contributed by atoms with van der Waals surface area (Å²) in [6.07, 6.45) is 1.91. The maximum absolute atomic E-state index is 12.8. The van der Waals surface area contributed by atoms with Crippen LogP contribution in [0.25, 0.3) is 0 Å². The number of carbonyl (C=O) groups excluding carboxylic acids is 2. The van der Waals surface area contributed by atoms with Crippen molar-refractivity contribution in [3.8, 4) is 0 Å². The van der Waals surface area contributed by atoms with Crippen LogP contribution in [0, 0.1) is 0 Å². The largest absolute Gasteiger partial charge is 0.311 e. The summed E-state index contributed by atoms with van der Waals surface area (Å²) in [5.41, 5.74) is 2.44. The van der Waals surface area contributed by atoms with Crippen LogP contribution in [-0.4, -0.2) is 61.1 Å². The third kappa shape index (κ3) is 5.30. The number of benzene rings is 2. The molecule has 0 aliphatic carbocycles. The number of aryl methyl sites for hydroxylation is 1. The topological polar surface area (TPSA) is 113 Å². The average Bonchev–Trinajstić information content (AvgIpc) is 3.29. The van der Waals surface area contributed by atoms with Crippen LogP contribution in [0.5, 0.6) is 0 Å². The number of rotatable bonds is 7. The van der Waals surface area contributed by atoms with Crippen LogP contribution >= 0.6 is 23.1 Å². The van der Waals surface area contributed by atoms with Gasteiger partial charge in [0.2, 0.25) is 21.1 Å². The lowest BCUT2D eigenvalue weighted by atomic mass is 10.0. The first kappa shape index (κ1) is 24.3. The van der Waals surface area contributed by atoms with Gasteiger partial charge in [-0.3, -0.25) is 14.9 Å². The molecule has 2 aromatic carbocycles. The molecule has 0 atom stereocenters. The summed E-state index contributed by atoms with van der Waals surface area (Å²) in [6.45, 7) is 0.697. The summed E-state index contributed by atoms with van der Waals surface area (Å²) in [5.74, 6) is -0.202. The van der Waals surface area contributed by atoms with Gasteiger partial charge >= 0.3 is 0 Å². The van der Waals surface area contributed by atoms with Gasteiger partial charge in [0.1, 0.15) is 0 Å². The van der Waals surface area contributed by atoms with Gasteiger partial charge in [0, 0.05) is 31.9 Å². The lowest BCUT2D eigenvalue weighted by Gasteiger charge is -2.29. The zero-order valence-corrected chi connectivity index (χ0v) is 21.0. The van der Waals surface area contributed by atoms with E-state index in [0.29, 0.717) is 21.6 Å². The fourth-order valence-corrected chi connectivity index (χ4v) is 6.00. The van der Waals surface area contributed by atoms with Gasteiger partial charge in [-0.15, -0.1) is 10.2 Å². The Morgan fingerprint density at radius 1 is 1.12 bits per heavy atom. The summed E-state index contributed by atoms with van der Waals surface area (Å²) in [7, 11) is -0.677. The van der Waals surface area contributed by atoms with Crippen LogP contribution in [0.1, 0.15) is 22.3 Å². The van der Waals surface area contributed by atoms with Crippen molar-refractivity contribution in [2.24, 2.45) is 0 Å². The van der Waals surface area contributed by atoms with Gasteiger partial charge in [-0.25, -0.2) is 12.7 Å². The number of thioether (sulfide) groups is 1. The maximum Gasteiger partial charge on any atom is 0.257 e. The van der Waals surface area contributed by atoms with Crippen molar-refractivity contribution in [3.05, 3.63) is 59.7 Å². The van der Waals surface area contributed by atoms with Crippen molar-refractivity contribution < 1.29 is 18.0 Å². The Balaban J connectivity index is 1.34. The highest BCUT2D eigenvalue weighted by Crippen LogP contribution is 2.30. The number of hydrogen-bond donors (Lipinski definition) is 1. The minimum Gasteiger partial charge on any atom is -0.311 e. The molecular weight excluding hydrogens is 494 g/mol. The molecule has 0 saturated carbocycles. The Labute approximate surface area is 206 Å². The van der Waals surface area contributed by atoms with Gasteiger partial charge in [-0.1, -0.05) is 41.3 Å². The van der Waals surface area contributed by atoms with Crippen LogP contribution < -0.4 is 10.2 Å². The van der Waals surface area contributed by atoms with Crippen molar-refractivity contribution in [1.29, 1.82) is 0 Å². The van der Waals surface area contributed by atoms with E-state index in [1.807, 2.05) is 23.1 Å². The Morgan fingerprint density at radius 2 is 1.85 bits per heavy atom. The third-order valence-electron chi connectivity index (χ3n) is 5.25. The molecule has 34 heavy (non-hydrogen) atoms. The van der Waals surface area contributed by atoms with Gasteiger partial charge in [-0.2, -0.15) is 0 Å². The molecular formula is C22H23N5O4S3. The quantitative estimate of drug-likeness (QED) is 0.378. The Kier molecular flexibility index (Phi) is 7.31. The van der Waals surface area contributed by atoms with Crippen LogP contribution in [0.2, 0.25) is 0 Å². The molecule has 0 fully saturated rings. The molecule has 1 aromatic heterocycles. The van der Waals surface area contributed by atoms with Gasteiger partial charge < -0.3 is 4.90 Å². The lowest BCUT2D eigenvalue weighted by molar-refractivity contribution is -0.116. The van der Waals surface area contributed by atoms with Crippen LogP contribution in [0.4, 0.5) is 10.8 Å². The molecule has 0 spiro atoms. The van der Waals surface area contributed by atoms with Crippen molar-refractivity contribution in [1.82, 2.24) is 14.5 Å². The van der Waals surface area contributed by atoms with Crippen LogP contribution in [0.15, 0.2) is 57.8 Å². The van der Waals surface area contributed by atoms with E-state index in [1.165, 1.54) is 67.0 Å². The third-order valence-corrected chi connectivity index (χ3v) is 9.04.